The van der Waals surface area contributed by atoms with Crippen LogP contribution in [0.1, 0.15) is 37.5 Å². The van der Waals surface area contributed by atoms with Gasteiger partial charge in [0.05, 0.1) is 0 Å². The summed E-state index contributed by atoms with van der Waals surface area (Å²) in [5, 5.41) is 6.32. The molecule has 0 saturated carbocycles. The average molecular weight is 560 g/mol. The molecule has 0 unspecified atom stereocenters. The molecule has 7 rings (SSSR count). The number of thiophene rings is 1. The highest BCUT2D eigenvalue weighted by Crippen LogP contribution is 2.50. The molecular formula is C40H33NS. The Morgan fingerprint density at radius 3 is 2.17 bits per heavy atom. The second-order valence-corrected chi connectivity index (χ2v) is 12.6. The van der Waals surface area contributed by atoms with Gasteiger partial charge in [-0.25, -0.2) is 0 Å². The fraction of sp³-hybridized carbons (Fsp3) is 0.100. The van der Waals surface area contributed by atoms with Crippen LogP contribution in [0.3, 0.4) is 0 Å². The van der Waals surface area contributed by atoms with Crippen molar-refractivity contribution in [2.24, 2.45) is 0 Å². The molecule has 42 heavy (non-hydrogen) atoms. The van der Waals surface area contributed by atoms with Crippen molar-refractivity contribution in [2.75, 3.05) is 5.32 Å². The smallest absolute Gasteiger partial charge is 0.0387 e. The first kappa shape index (κ1) is 26.3. The third kappa shape index (κ3) is 4.40. The van der Waals surface area contributed by atoms with Crippen LogP contribution in [-0.2, 0) is 5.41 Å². The van der Waals surface area contributed by atoms with Gasteiger partial charge in [-0.2, -0.15) is 0 Å². The normalized spacial score (nSPS) is 13.9. The lowest BCUT2D eigenvalue weighted by atomic mass is 9.81. The summed E-state index contributed by atoms with van der Waals surface area (Å²) in [6, 6.07) is 38.1. The lowest BCUT2D eigenvalue weighted by molar-refractivity contribution is 0.661. The van der Waals surface area contributed by atoms with Crippen molar-refractivity contribution in [3.63, 3.8) is 0 Å². The summed E-state index contributed by atoms with van der Waals surface area (Å²) in [7, 11) is 0. The molecule has 1 aliphatic carbocycles. The van der Waals surface area contributed by atoms with Gasteiger partial charge >= 0.3 is 0 Å². The highest BCUT2D eigenvalue weighted by molar-refractivity contribution is 7.25. The Hall–Kier alpha value is -4.66. The highest BCUT2D eigenvalue weighted by Gasteiger charge is 2.35. The Bertz CT molecular complexity index is 2050. The van der Waals surface area contributed by atoms with Crippen LogP contribution in [0.2, 0.25) is 0 Å². The van der Waals surface area contributed by atoms with Gasteiger partial charge in [-0.05, 0) is 100.0 Å². The van der Waals surface area contributed by atoms with Crippen molar-refractivity contribution in [1.29, 1.82) is 0 Å². The van der Waals surface area contributed by atoms with E-state index in [1.165, 1.54) is 64.7 Å². The van der Waals surface area contributed by atoms with Gasteiger partial charge in [0.1, 0.15) is 0 Å². The molecule has 1 heterocycles. The monoisotopic (exact) mass is 559 g/mol. The van der Waals surface area contributed by atoms with Gasteiger partial charge in [-0.1, -0.05) is 99.3 Å². The minimum atomic E-state index is -0.0975. The minimum Gasteiger partial charge on any atom is -0.356 e. The van der Waals surface area contributed by atoms with E-state index in [1.54, 1.807) is 6.08 Å². The molecule has 0 fully saturated rings. The zero-order valence-corrected chi connectivity index (χ0v) is 25.1. The fourth-order valence-electron chi connectivity index (χ4n) is 6.34. The SMILES string of the molecule is C=C/C=C\C(=C/C)c1ccc(Nc2ccc3c(c2)C(C)(C)c2cc(-c4ccc5sc6ccccc6c5c4)ccc2-3)cc1. The molecule has 5 aromatic carbocycles. The molecule has 2 heteroatoms. The quantitative estimate of drug-likeness (QED) is 0.200. The summed E-state index contributed by atoms with van der Waals surface area (Å²) in [6.45, 7) is 10.5. The summed E-state index contributed by atoms with van der Waals surface area (Å²) in [6.07, 6.45) is 7.98. The molecule has 0 saturated heterocycles. The van der Waals surface area contributed by atoms with Crippen LogP contribution in [0.15, 0.2) is 134 Å². The van der Waals surface area contributed by atoms with E-state index in [4.69, 9.17) is 0 Å². The molecule has 204 valence electrons. The predicted octanol–water partition coefficient (Wildman–Crippen LogP) is 11.9. The van der Waals surface area contributed by atoms with E-state index in [2.05, 4.69) is 148 Å². The largest absolute Gasteiger partial charge is 0.356 e. The first-order valence-electron chi connectivity index (χ1n) is 14.5. The van der Waals surface area contributed by atoms with Gasteiger partial charge in [-0.15, -0.1) is 11.3 Å². The Balaban J connectivity index is 1.19. The number of anilines is 2. The Kier molecular flexibility index (Phi) is 6.45. The number of benzene rings is 5. The average Bonchev–Trinajstić information content (AvgIpc) is 3.50. The van der Waals surface area contributed by atoms with Gasteiger partial charge in [0, 0.05) is 37.0 Å². The molecular weight excluding hydrogens is 527 g/mol. The van der Waals surface area contributed by atoms with Crippen molar-refractivity contribution in [2.45, 2.75) is 26.2 Å². The standard InChI is InChI=1S/C40H33NS/c1-5-7-10-26(6-2)27-13-17-30(18-14-27)41-31-19-21-33-32-20-15-29(24-36(32)40(3,4)37(33)25-31)28-16-22-39-35(23-28)34-11-8-9-12-38(34)42-39/h5-25,41H,1H2,2-4H3/b10-7-,26-6+. The number of rotatable bonds is 6. The van der Waals surface area contributed by atoms with Gasteiger partial charge in [0.25, 0.3) is 0 Å². The van der Waals surface area contributed by atoms with Crippen molar-refractivity contribution >= 4 is 48.5 Å². The number of allylic oxidation sites excluding steroid dienone is 5. The minimum absolute atomic E-state index is 0.0975. The van der Waals surface area contributed by atoms with Crippen molar-refractivity contribution in [1.82, 2.24) is 0 Å². The molecule has 0 atom stereocenters. The lowest BCUT2D eigenvalue weighted by Gasteiger charge is -2.23. The number of nitrogens with one attached hydrogen (secondary N) is 1. The van der Waals surface area contributed by atoms with Crippen molar-refractivity contribution in [3.8, 4) is 22.3 Å². The van der Waals surface area contributed by atoms with Gasteiger partial charge in [0.15, 0.2) is 0 Å². The van der Waals surface area contributed by atoms with Crippen LogP contribution in [0.5, 0.6) is 0 Å². The molecule has 0 spiro atoms. The number of hydrogen-bond donors (Lipinski definition) is 1. The zero-order chi connectivity index (χ0) is 28.8. The van der Waals surface area contributed by atoms with Crippen LogP contribution >= 0.6 is 11.3 Å². The van der Waals surface area contributed by atoms with Crippen LogP contribution < -0.4 is 5.32 Å². The Morgan fingerprint density at radius 1 is 0.714 bits per heavy atom. The Labute approximate surface area is 252 Å². The zero-order valence-electron chi connectivity index (χ0n) is 24.2. The molecule has 0 amide bonds. The van der Waals surface area contributed by atoms with Crippen molar-refractivity contribution < 1.29 is 0 Å². The van der Waals surface area contributed by atoms with Crippen LogP contribution in [0.25, 0.3) is 48.0 Å². The molecule has 1 nitrogen and oxygen atoms in total. The summed E-state index contributed by atoms with van der Waals surface area (Å²) < 4.78 is 2.69. The topological polar surface area (TPSA) is 12.0 Å². The highest BCUT2D eigenvalue weighted by atomic mass is 32.1. The summed E-state index contributed by atoms with van der Waals surface area (Å²) in [5.41, 5.74) is 12.4. The van der Waals surface area contributed by atoms with Gasteiger partial charge < -0.3 is 5.32 Å². The van der Waals surface area contributed by atoms with E-state index in [0.717, 1.165) is 11.4 Å². The van der Waals surface area contributed by atoms with Crippen molar-refractivity contribution in [3.05, 3.63) is 151 Å². The summed E-state index contributed by atoms with van der Waals surface area (Å²) >= 11 is 1.87. The molecule has 6 aromatic rings. The van der Waals surface area contributed by atoms with Gasteiger partial charge in [-0.3, -0.25) is 0 Å². The molecule has 0 radical (unpaired) electrons. The number of fused-ring (bicyclic) bond motifs is 6. The molecule has 1 aromatic heterocycles. The Morgan fingerprint density at radius 2 is 1.38 bits per heavy atom. The number of hydrogen-bond acceptors (Lipinski definition) is 2. The maximum Gasteiger partial charge on any atom is 0.0387 e. The van der Waals surface area contributed by atoms with E-state index < -0.39 is 0 Å². The van der Waals surface area contributed by atoms with Crippen LogP contribution in [-0.4, -0.2) is 0 Å². The second kappa shape index (κ2) is 10.3. The summed E-state index contributed by atoms with van der Waals surface area (Å²) in [5.74, 6) is 0. The lowest BCUT2D eigenvalue weighted by Crippen LogP contribution is -2.15. The van der Waals surface area contributed by atoms with E-state index in [9.17, 15) is 0 Å². The molecule has 1 aliphatic rings. The first-order chi connectivity index (χ1) is 20.5. The van der Waals surface area contributed by atoms with E-state index in [0.29, 0.717) is 0 Å². The second-order valence-electron chi connectivity index (χ2n) is 11.5. The summed E-state index contributed by atoms with van der Waals surface area (Å²) in [4.78, 5) is 0. The maximum atomic E-state index is 3.78. The molecule has 0 bridgehead atoms. The molecule has 1 N–H and O–H groups in total. The maximum absolute atomic E-state index is 3.78. The third-order valence-electron chi connectivity index (χ3n) is 8.62. The third-order valence-corrected chi connectivity index (χ3v) is 9.77. The predicted molar refractivity (Wildman–Crippen MR) is 185 cm³/mol. The van der Waals surface area contributed by atoms with Crippen LogP contribution in [0.4, 0.5) is 11.4 Å². The first-order valence-corrected chi connectivity index (χ1v) is 15.3. The van der Waals surface area contributed by atoms with Crippen LogP contribution in [0, 0.1) is 0 Å². The fourth-order valence-corrected chi connectivity index (χ4v) is 7.43. The van der Waals surface area contributed by atoms with E-state index in [-0.39, 0.29) is 5.41 Å². The molecule has 0 aliphatic heterocycles. The van der Waals surface area contributed by atoms with E-state index >= 15 is 0 Å². The van der Waals surface area contributed by atoms with Gasteiger partial charge in [0.2, 0.25) is 0 Å². The van der Waals surface area contributed by atoms with E-state index in [1.807, 2.05) is 17.4 Å².